The van der Waals surface area contributed by atoms with Gasteiger partial charge >= 0.3 is 5.97 Å². The van der Waals surface area contributed by atoms with Gasteiger partial charge in [-0.15, -0.1) is 0 Å². The Balaban J connectivity index is 1.69. The standard InChI is InChI=1S/C14H24N2O3/c17-13(6-1-2-7-14(18)19)16-10-9-15-8-4-3-5-12(15)11-16/h12H,1-11H2,(H,18,19). The first-order valence-electron chi connectivity index (χ1n) is 7.40. The highest BCUT2D eigenvalue weighted by Crippen LogP contribution is 2.21. The number of carboxylic acids is 1. The minimum atomic E-state index is -0.775. The quantitative estimate of drug-likeness (QED) is 0.764. The zero-order valence-corrected chi connectivity index (χ0v) is 11.5. The van der Waals surface area contributed by atoms with Crippen LogP contribution in [0.3, 0.4) is 0 Å². The topological polar surface area (TPSA) is 60.9 Å². The summed E-state index contributed by atoms with van der Waals surface area (Å²) in [5, 5.41) is 8.56. The third-order valence-corrected chi connectivity index (χ3v) is 4.22. The predicted octanol–water partition coefficient (Wildman–Crippen LogP) is 1.33. The van der Waals surface area contributed by atoms with E-state index in [1.807, 2.05) is 4.90 Å². The average molecular weight is 268 g/mol. The van der Waals surface area contributed by atoms with Crippen LogP contribution in [0.15, 0.2) is 0 Å². The minimum absolute atomic E-state index is 0.170. The van der Waals surface area contributed by atoms with Crippen LogP contribution in [-0.4, -0.2) is 59.0 Å². The minimum Gasteiger partial charge on any atom is -0.481 e. The molecule has 2 aliphatic rings. The lowest BCUT2D eigenvalue weighted by molar-refractivity contribution is -0.138. The van der Waals surface area contributed by atoms with Crippen molar-refractivity contribution in [3.8, 4) is 0 Å². The van der Waals surface area contributed by atoms with Crippen LogP contribution in [0.5, 0.6) is 0 Å². The molecular weight excluding hydrogens is 244 g/mol. The molecule has 1 atom stereocenters. The number of hydrogen-bond donors (Lipinski definition) is 1. The van der Waals surface area contributed by atoms with E-state index in [9.17, 15) is 9.59 Å². The number of fused-ring (bicyclic) bond motifs is 1. The van der Waals surface area contributed by atoms with Crippen molar-refractivity contribution >= 4 is 11.9 Å². The molecule has 0 spiro atoms. The van der Waals surface area contributed by atoms with Crippen molar-refractivity contribution in [2.45, 2.75) is 51.0 Å². The van der Waals surface area contributed by atoms with E-state index in [-0.39, 0.29) is 12.3 Å². The summed E-state index contributed by atoms with van der Waals surface area (Å²) in [6.45, 7) is 3.91. The summed E-state index contributed by atoms with van der Waals surface area (Å²) in [5.74, 6) is -0.570. The third-order valence-electron chi connectivity index (χ3n) is 4.22. The highest BCUT2D eigenvalue weighted by molar-refractivity contribution is 5.76. The maximum atomic E-state index is 12.1. The lowest BCUT2D eigenvalue weighted by atomic mass is 9.99. The van der Waals surface area contributed by atoms with Crippen LogP contribution in [-0.2, 0) is 9.59 Å². The van der Waals surface area contributed by atoms with Gasteiger partial charge in [0.15, 0.2) is 0 Å². The van der Waals surface area contributed by atoms with E-state index in [4.69, 9.17) is 5.11 Å². The molecule has 2 heterocycles. The second kappa shape index (κ2) is 6.89. The van der Waals surface area contributed by atoms with E-state index < -0.39 is 5.97 Å². The molecule has 108 valence electrons. The Hall–Kier alpha value is -1.10. The zero-order valence-electron chi connectivity index (χ0n) is 11.5. The molecule has 1 N–H and O–H groups in total. The molecule has 0 bridgehead atoms. The molecule has 5 nitrogen and oxygen atoms in total. The van der Waals surface area contributed by atoms with Gasteiger partial charge in [0.2, 0.25) is 5.91 Å². The van der Waals surface area contributed by atoms with Gasteiger partial charge in [-0.25, -0.2) is 0 Å². The second-order valence-electron chi connectivity index (χ2n) is 5.63. The largest absolute Gasteiger partial charge is 0.481 e. The van der Waals surface area contributed by atoms with Crippen LogP contribution in [0.1, 0.15) is 44.9 Å². The summed E-state index contributed by atoms with van der Waals surface area (Å²) in [6.07, 6.45) is 5.74. The van der Waals surface area contributed by atoms with Crippen LogP contribution in [0.4, 0.5) is 0 Å². The molecule has 5 heteroatoms. The number of amides is 1. The smallest absolute Gasteiger partial charge is 0.303 e. The van der Waals surface area contributed by atoms with Crippen molar-refractivity contribution in [2.75, 3.05) is 26.2 Å². The molecule has 0 aromatic heterocycles. The number of carbonyl (C=O) groups excluding carboxylic acids is 1. The summed E-state index contributed by atoms with van der Waals surface area (Å²) in [4.78, 5) is 27.0. The normalized spacial score (nSPS) is 24.0. The summed E-state index contributed by atoms with van der Waals surface area (Å²) in [7, 11) is 0. The number of piperazine rings is 1. The fourth-order valence-electron chi connectivity index (χ4n) is 3.09. The highest BCUT2D eigenvalue weighted by atomic mass is 16.4. The van der Waals surface area contributed by atoms with Gasteiger partial charge in [0.1, 0.15) is 0 Å². The molecule has 2 aliphatic heterocycles. The molecule has 0 saturated carbocycles. The van der Waals surface area contributed by atoms with E-state index >= 15 is 0 Å². The summed E-state index contributed by atoms with van der Waals surface area (Å²) in [6, 6.07) is 0.561. The number of nitrogens with zero attached hydrogens (tertiary/aromatic N) is 2. The fraction of sp³-hybridized carbons (Fsp3) is 0.857. The van der Waals surface area contributed by atoms with Gasteiger partial charge in [-0.1, -0.05) is 6.42 Å². The Morgan fingerprint density at radius 3 is 2.63 bits per heavy atom. The third kappa shape index (κ3) is 4.20. The van der Waals surface area contributed by atoms with E-state index in [2.05, 4.69) is 4.90 Å². The molecule has 0 radical (unpaired) electrons. The first kappa shape index (κ1) is 14.3. The van der Waals surface area contributed by atoms with Gasteiger partial charge < -0.3 is 10.0 Å². The molecule has 2 rings (SSSR count). The fourth-order valence-corrected chi connectivity index (χ4v) is 3.09. The van der Waals surface area contributed by atoms with E-state index in [0.29, 0.717) is 25.3 Å². The molecule has 0 aromatic rings. The first-order valence-corrected chi connectivity index (χ1v) is 7.40. The molecule has 1 amide bonds. The van der Waals surface area contributed by atoms with E-state index in [1.165, 1.54) is 25.8 Å². The van der Waals surface area contributed by atoms with Crippen LogP contribution in [0.2, 0.25) is 0 Å². The number of aliphatic carboxylic acids is 1. The number of carboxylic acid groups (broad SMARTS) is 1. The van der Waals surface area contributed by atoms with Gasteiger partial charge in [0, 0.05) is 38.5 Å². The maximum Gasteiger partial charge on any atom is 0.303 e. The number of rotatable bonds is 5. The summed E-state index contributed by atoms with van der Waals surface area (Å²) >= 11 is 0. The second-order valence-corrected chi connectivity index (χ2v) is 5.63. The van der Waals surface area contributed by atoms with Crippen molar-refractivity contribution in [1.82, 2.24) is 9.80 Å². The number of piperidine rings is 1. The van der Waals surface area contributed by atoms with Crippen molar-refractivity contribution in [2.24, 2.45) is 0 Å². The Kier molecular flexibility index (Phi) is 5.19. The molecule has 1 unspecified atom stereocenters. The van der Waals surface area contributed by atoms with Crippen molar-refractivity contribution in [1.29, 1.82) is 0 Å². The Morgan fingerprint density at radius 2 is 1.84 bits per heavy atom. The number of unbranched alkanes of at least 4 members (excludes halogenated alkanes) is 1. The van der Waals surface area contributed by atoms with Gasteiger partial charge in [0.05, 0.1) is 0 Å². The number of hydrogen-bond acceptors (Lipinski definition) is 3. The monoisotopic (exact) mass is 268 g/mol. The zero-order chi connectivity index (χ0) is 13.7. The van der Waals surface area contributed by atoms with Crippen molar-refractivity contribution in [3.05, 3.63) is 0 Å². The molecule has 0 aromatic carbocycles. The van der Waals surface area contributed by atoms with Gasteiger partial charge in [-0.05, 0) is 32.2 Å². The lowest BCUT2D eigenvalue weighted by Gasteiger charge is -2.44. The summed E-state index contributed by atoms with van der Waals surface area (Å²) < 4.78 is 0. The molecular formula is C14H24N2O3. The average Bonchev–Trinajstić information content (AvgIpc) is 2.42. The molecule has 0 aliphatic carbocycles. The SMILES string of the molecule is O=C(O)CCCCC(=O)N1CCN2CCCCC2C1. The molecule has 19 heavy (non-hydrogen) atoms. The van der Waals surface area contributed by atoms with E-state index in [0.717, 1.165) is 19.6 Å². The van der Waals surface area contributed by atoms with Crippen LogP contribution in [0, 0.1) is 0 Å². The van der Waals surface area contributed by atoms with Crippen molar-refractivity contribution < 1.29 is 14.7 Å². The van der Waals surface area contributed by atoms with Crippen molar-refractivity contribution in [3.63, 3.8) is 0 Å². The van der Waals surface area contributed by atoms with E-state index in [1.54, 1.807) is 0 Å². The predicted molar refractivity (Wildman–Crippen MR) is 71.9 cm³/mol. The van der Waals surface area contributed by atoms with Gasteiger partial charge in [-0.2, -0.15) is 0 Å². The maximum absolute atomic E-state index is 12.1. The lowest BCUT2D eigenvalue weighted by Crippen LogP contribution is -2.56. The van der Waals surface area contributed by atoms with Crippen LogP contribution in [0.25, 0.3) is 0 Å². The number of carbonyl (C=O) groups is 2. The summed E-state index contributed by atoms with van der Waals surface area (Å²) in [5.41, 5.74) is 0. The first-order chi connectivity index (χ1) is 9.16. The molecule has 2 fully saturated rings. The highest BCUT2D eigenvalue weighted by Gasteiger charge is 2.30. The Bertz CT molecular complexity index is 333. The van der Waals surface area contributed by atoms with Gasteiger partial charge in [0.25, 0.3) is 0 Å². The van der Waals surface area contributed by atoms with Crippen LogP contribution >= 0.6 is 0 Å². The Morgan fingerprint density at radius 1 is 1.05 bits per heavy atom. The Labute approximate surface area is 114 Å². The van der Waals surface area contributed by atoms with Crippen LogP contribution < -0.4 is 0 Å². The molecule has 2 saturated heterocycles. The van der Waals surface area contributed by atoms with Gasteiger partial charge in [-0.3, -0.25) is 14.5 Å².